The van der Waals surface area contributed by atoms with Gasteiger partial charge in [-0.15, -0.1) is 0 Å². The van der Waals surface area contributed by atoms with Crippen LogP contribution in [0.2, 0.25) is 0 Å². The first-order valence-electron chi connectivity index (χ1n) is 7.04. The molecule has 0 radical (unpaired) electrons. The first kappa shape index (κ1) is 10.1. The van der Waals surface area contributed by atoms with Gasteiger partial charge in [0.15, 0.2) is 0 Å². The second kappa shape index (κ2) is 3.58. The summed E-state index contributed by atoms with van der Waals surface area (Å²) < 4.78 is 0. The molecule has 92 valence electrons. The zero-order valence-corrected chi connectivity index (χ0v) is 10.4. The van der Waals surface area contributed by atoms with Crippen LogP contribution in [0.1, 0.15) is 25.1 Å². The van der Waals surface area contributed by atoms with E-state index < -0.39 is 0 Å². The van der Waals surface area contributed by atoms with Gasteiger partial charge in [-0.1, -0.05) is 0 Å². The van der Waals surface area contributed by atoms with Crippen LogP contribution >= 0.6 is 0 Å². The van der Waals surface area contributed by atoms with Crippen molar-refractivity contribution in [3.05, 3.63) is 18.2 Å². The number of nitrogens with one attached hydrogen (secondary N) is 2. The van der Waals surface area contributed by atoms with Gasteiger partial charge in [0, 0.05) is 24.9 Å². The number of imidazole rings is 1. The minimum absolute atomic E-state index is 0.638. The zero-order valence-electron chi connectivity index (χ0n) is 10.4. The highest BCUT2D eigenvalue weighted by Crippen LogP contribution is 2.70. The second-order valence-corrected chi connectivity index (χ2v) is 6.20. The first-order chi connectivity index (χ1) is 8.38. The number of aromatic nitrogens is 2. The van der Waals surface area contributed by atoms with Crippen molar-refractivity contribution in [2.75, 3.05) is 7.05 Å². The maximum atomic E-state index is 4.37. The minimum Gasteiger partial charge on any atom is -0.349 e. The van der Waals surface area contributed by atoms with Crippen molar-refractivity contribution in [1.82, 2.24) is 15.3 Å². The molecule has 3 fully saturated rings. The SMILES string of the molecule is CNC(Cc1ncc[nH]1)C1C2C3CCC(C3)C21. The second-order valence-electron chi connectivity index (χ2n) is 6.20. The third-order valence-corrected chi connectivity index (χ3v) is 5.60. The van der Waals surface area contributed by atoms with Crippen molar-refractivity contribution in [1.29, 1.82) is 0 Å². The molecule has 4 rings (SSSR count). The van der Waals surface area contributed by atoms with E-state index in [1.807, 2.05) is 12.4 Å². The predicted octanol–water partition coefficient (Wildman–Crippen LogP) is 1.83. The fourth-order valence-electron chi connectivity index (χ4n) is 4.98. The Morgan fingerprint density at radius 3 is 2.76 bits per heavy atom. The molecule has 17 heavy (non-hydrogen) atoms. The Hall–Kier alpha value is -0.830. The molecular weight excluding hydrogens is 210 g/mol. The molecule has 3 nitrogen and oxygen atoms in total. The number of hydrogen-bond donors (Lipinski definition) is 2. The molecule has 2 N–H and O–H groups in total. The molecule has 0 spiro atoms. The van der Waals surface area contributed by atoms with Gasteiger partial charge >= 0.3 is 0 Å². The van der Waals surface area contributed by atoms with Crippen molar-refractivity contribution < 1.29 is 0 Å². The van der Waals surface area contributed by atoms with Gasteiger partial charge < -0.3 is 10.3 Å². The summed E-state index contributed by atoms with van der Waals surface area (Å²) in [6.45, 7) is 0. The lowest BCUT2D eigenvalue weighted by Gasteiger charge is -2.18. The van der Waals surface area contributed by atoms with Gasteiger partial charge in [-0.05, 0) is 55.9 Å². The third kappa shape index (κ3) is 1.41. The van der Waals surface area contributed by atoms with Crippen molar-refractivity contribution in [3.8, 4) is 0 Å². The van der Waals surface area contributed by atoms with Gasteiger partial charge in [0.1, 0.15) is 5.82 Å². The van der Waals surface area contributed by atoms with Gasteiger partial charge in [-0.25, -0.2) is 4.98 Å². The van der Waals surface area contributed by atoms with Gasteiger partial charge in [-0.2, -0.15) is 0 Å². The maximum Gasteiger partial charge on any atom is 0.107 e. The van der Waals surface area contributed by atoms with Gasteiger partial charge in [0.2, 0.25) is 0 Å². The standard InChI is InChI=1S/C14H21N3/c1-15-10(7-11-16-4-5-17-11)14-12-8-2-3-9(6-8)13(12)14/h4-5,8-10,12-15H,2-3,6-7H2,1H3,(H,16,17). The molecule has 5 unspecified atom stereocenters. The largest absolute Gasteiger partial charge is 0.349 e. The maximum absolute atomic E-state index is 4.37. The average Bonchev–Trinajstić information content (AvgIpc) is 2.82. The molecule has 5 atom stereocenters. The summed E-state index contributed by atoms with van der Waals surface area (Å²) in [6.07, 6.45) is 9.43. The lowest BCUT2D eigenvalue weighted by Crippen LogP contribution is -2.32. The van der Waals surface area contributed by atoms with E-state index in [9.17, 15) is 0 Å². The Labute approximate surface area is 102 Å². The zero-order chi connectivity index (χ0) is 11.4. The van der Waals surface area contributed by atoms with E-state index in [4.69, 9.17) is 0 Å². The fourth-order valence-corrected chi connectivity index (χ4v) is 4.98. The monoisotopic (exact) mass is 231 g/mol. The van der Waals surface area contributed by atoms with E-state index in [1.165, 1.54) is 12.8 Å². The minimum atomic E-state index is 0.638. The van der Waals surface area contributed by atoms with Crippen molar-refractivity contribution in [2.24, 2.45) is 29.6 Å². The number of hydrogen-bond acceptors (Lipinski definition) is 2. The molecule has 3 aliphatic carbocycles. The van der Waals surface area contributed by atoms with Crippen LogP contribution in [0.4, 0.5) is 0 Å². The van der Waals surface area contributed by atoms with E-state index in [1.54, 1.807) is 6.42 Å². The number of aromatic amines is 1. The Morgan fingerprint density at radius 2 is 2.18 bits per heavy atom. The smallest absolute Gasteiger partial charge is 0.107 e. The van der Waals surface area contributed by atoms with E-state index >= 15 is 0 Å². The van der Waals surface area contributed by atoms with Crippen LogP contribution in [-0.4, -0.2) is 23.1 Å². The molecule has 0 amide bonds. The van der Waals surface area contributed by atoms with E-state index in [0.29, 0.717) is 6.04 Å². The van der Waals surface area contributed by atoms with E-state index in [2.05, 4.69) is 22.3 Å². The van der Waals surface area contributed by atoms with Crippen LogP contribution in [-0.2, 0) is 6.42 Å². The predicted molar refractivity (Wildman–Crippen MR) is 66.4 cm³/mol. The summed E-state index contributed by atoms with van der Waals surface area (Å²) >= 11 is 0. The quantitative estimate of drug-likeness (QED) is 0.830. The van der Waals surface area contributed by atoms with Gasteiger partial charge in [0.05, 0.1) is 0 Å². The molecule has 3 heteroatoms. The van der Waals surface area contributed by atoms with E-state index in [-0.39, 0.29) is 0 Å². The van der Waals surface area contributed by atoms with Gasteiger partial charge in [0.25, 0.3) is 0 Å². The summed E-state index contributed by atoms with van der Waals surface area (Å²) in [7, 11) is 2.11. The van der Waals surface area contributed by atoms with Crippen molar-refractivity contribution in [2.45, 2.75) is 31.7 Å². The third-order valence-electron chi connectivity index (χ3n) is 5.60. The van der Waals surface area contributed by atoms with Crippen LogP contribution in [0.5, 0.6) is 0 Å². The number of H-pyrrole nitrogens is 1. The Kier molecular flexibility index (Phi) is 2.13. The molecule has 3 aliphatic rings. The number of nitrogens with zero attached hydrogens (tertiary/aromatic N) is 1. The number of likely N-dealkylation sites (N-methyl/N-ethyl adjacent to an activating group) is 1. The number of rotatable bonds is 4. The van der Waals surface area contributed by atoms with Crippen LogP contribution < -0.4 is 5.32 Å². The molecule has 1 aromatic rings. The topological polar surface area (TPSA) is 40.7 Å². The van der Waals surface area contributed by atoms with Crippen LogP contribution in [0.3, 0.4) is 0 Å². The van der Waals surface area contributed by atoms with Crippen LogP contribution in [0.25, 0.3) is 0 Å². The number of fused-ring (bicyclic) bond motifs is 5. The molecule has 3 saturated carbocycles. The van der Waals surface area contributed by atoms with Crippen molar-refractivity contribution in [3.63, 3.8) is 0 Å². The average molecular weight is 231 g/mol. The molecule has 0 saturated heterocycles. The highest BCUT2D eigenvalue weighted by molar-refractivity contribution is 5.16. The fraction of sp³-hybridized carbons (Fsp3) is 0.786. The molecule has 0 aliphatic heterocycles. The summed E-state index contributed by atoms with van der Waals surface area (Å²) in [5.41, 5.74) is 0. The highest BCUT2D eigenvalue weighted by atomic mass is 15.0. The van der Waals surface area contributed by atoms with Gasteiger partial charge in [-0.3, -0.25) is 0 Å². The van der Waals surface area contributed by atoms with Crippen LogP contribution in [0.15, 0.2) is 12.4 Å². The molecule has 2 bridgehead atoms. The van der Waals surface area contributed by atoms with Crippen molar-refractivity contribution >= 4 is 0 Å². The van der Waals surface area contributed by atoms with E-state index in [0.717, 1.165) is 41.8 Å². The molecular formula is C14H21N3. The lowest BCUT2D eigenvalue weighted by molar-refractivity contribution is 0.373. The summed E-state index contributed by atoms with van der Waals surface area (Å²) in [5, 5.41) is 3.54. The summed E-state index contributed by atoms with van der Waals surface area (Å²) in [5.74, 6) is 6.34. The normalized spacial score (nSPS) is 43.7. The molecule has 1 heterocycles. The Balaban J connectivity index is 1.48. The molecule has 0 aromatic carbocycles. The molecule has 1 aromatic heterocycles. The summed E-state index contributed by atoms with van der Waals surface area (Å²) in [6, 6.07) is 0.638. The Bertz CT molecular complexity index is 384. The lowest BCUT2D eigenvalue weighted by atomic mass is 9.95. The Morgan fingerprint density at radius 1 is 1.41 bits per heavy atom. The highest BCUT2D eigenvalue weighted by Gasteiger charge is 2.66. The first-order valence-corrected chi connectivity index (χ1v) is 7.04. The summed E-state index contributed by atoms with van der Waals surface area (Å²) in [4.78, 5) is 7.60. The van der Waals surface area contributed by atoms with Crippen LogP contribution in [0, 0.1) is 29.6 Å².